The molecule has 172 valence electrons. The lowest BCUT2D eigenvalue weighted by Gasteiger charge is -2.11. The summed E-state index contributed by atoms with van der Waals surface area (Å²) in [6.45, 7) is 1.74. The van der Waals surface area contributed by atoms with Gasteiger partial charge in [0.15, 0.2) is 0 Å². The van der Waals surface area contributed by atoms with Crippen LogP contribution in [0.3, 0.4) is 0 Å². The zero-order valence-corrected chi connectivity index (χ0v) is 19.1. The highest BCUT2D eigenvalue weighted by Crippen LogP contribution is 2.26. The molecule has 0 bridgehead atoms. The molecular weight excluding hydrogens is 473 g/mol. The molecule has 0 saturated heterocycles. The summed E-state index contributed by atoms with van der Waals surface area (Å²) >= 11 is 12.2. The van der Waals surface area contributed by atoms with E-state index >= 15 is 0 Å². The van der Waals surface area contributed by atoms with Gasteiger partial charge in [-0.2, -0.15) is 5.10 Å². The van der Waals surface area contributed by atoms with Gasteiger partial charge in [0.1, 0.15) is 24.6 Å². The highest BCUT2D eigenvalue weighted by molar-refractivity contribution is 6.31. The maximum Gasteiger partial charge on any atom is 0.350 e. The lowest BCUT2D eigenvalue weighted by molar-refractivity contribution is -0.385. The Labute approximate surface area is 198 Å². The van der Waals surface area contributed by atoms with Gasteiger partial charge in [-0.15, -0.1) is 5.10 Å². The van der Waals surface area contributed by atoms with E-state index < -0.39 is 16.9 Å². The maximum atomic E-state index is 12.4. The van der Waals surface area contributed by atoms with Crippen molar-refractivity contribution < 1.29 is 19.2 Å². The summed E-state index contributed by atoms with van der Waals surface area (Å²) in [5, 5.41) is 20.0. The molecule has 3 aromatic rings. The first-order chi connectivity index (χ1) is 15.8. The fourth-order valence-electron chi connectivity index (χ4n) is 2.74. The van der Waals surface area contributed by atoms with Gasteiger partial charge >= 0.3 is 11.6 Å². The van der Waals surface area contributed by atoms with Crippen LogP contribution in [0.25, 0.3) is 0 Å². The van der Waals surface area contributed by atoms with Gasteiger partial charge in [0.25, 0.3) is 5.91 Å². The average Bonchev–Trinajstić information content (AvgIpc) is 3.24. The third-order valence-corrected chi connectivity index (χ3v) is 5.14. The zero-order chi connectivity index (χ0) is 24.0. The summed E-state index contributed by atoms with van der Waals surface area (Å²) in [5.74, 6) is -0.257. The number of nitrogens with one attached hydrogen (secondary N) is 1. The number of nitrogens with zero attached hydrogens (tertiary/aromatic N) is 4. The number of carbonyl (C=O) groups excluding carboxylic acids is 1. The average molecular weight is 492 g/mol. The number of nitro groups is 1. The van der Waals surface area contributed by atoms with Crippen molar-refractivity contribution >= 4 is 41.0 Å². The number of hydrazone groups is 1. The summed E-state index contributed by atoms with van der Waals surface area (Å²) in [7, 11) is 1.26. The molecule has 1 amide bonds. The highest BCUT2D eigenvalue weighted by atomic mass is 35.5. The van der Waals surface area contributed by atoms with E-state index in [2.05, 4.69) is 15.6 Å². The normalized spacial score (nSPS) is 11.9. The zero-order valence-electron chi connectivity index (χ0n) is 17.6. The molecule has 0 radical (unpaired) electrons. The second-order valence-corrected chi connectivity index (χ2v) is 7.58. The van der Waals surface area contributed by atoms with Gasteiger partial charge in [0.05, 0.1) is 18.2 Å². The van der Waals surface area contributed by atoms with Crippen LogP contribution in [0.2, 0.25) is 10.0 Å². The molecule has 2 aromatic carbocycles. The Bertz CT molecular complexity index is 1200. The molecule has 1 N–H and O–H groups in total. The summed E-state index contributed by atoms with van der Waals surface area (Å²) in [4.78, 5) is 22.9. The SMILES string of the molecule is COc1nn([C@H](C)C(=O)N/N=C\c2cc(Cl)ccc2OCc2ccccc2Cl)cc1[N+](=O)[O-]. The lowest BCUT2D eigenvalue weighted by atomic mass is 10.2. The first-order valence-electron chi connectivity index (χ1n) is 9.56. The Kier molecular flexibility index (Phi) is 7.86. The molecule has 0 unspecified atom stereocenters. The summed E-state index contributed by atoms with van der Waals surface area (Å²) in [6, 6.07) is 11.4. The molecule has 1 atom stereocenters. The third kappa shape index (κ3) is 5.99. The Balaban J connectivity index is 1.69. The number of hydrogen-bond donors (Lipinski definition) is 1. The summed E-state index contributed by atoms with van der Waals surface area (Å²) < 4.78 is 11.8. The number of carbonyl (C=O) groups is 1. The number of hydrogen-bond acceptors (Lipinski definition) is 7. The van der Waals surface area contributed by atoms with Crippen LogP contribution in [0, 0.1) is 10.1 Å². The van der Waals surface area contributed by atoms with Crippen molar-refractivity contribution in [2.75, 3.05) is 7.11 Å². The largest absolute Gasteiger partial charge is 0.488 e. The number of halogens is 2. The highest BCUT2D eigenvalue weighted by Gasteiger charge is 2.25. The topological polar surface area (TPSA) is 121 Å². The van der Waals surface area contributed by atoms with Crippen LogP contribution in [0.15, 0.2) is 53.8 Å². The van der Waals surface area contributed by atoms with Crippen molar-refractivity contribution in [1.29, 1.82) is 0 Å². The molecule has 12 heteroatoms. The van der Waals surface area contributed by atoms with Crippen molar-refractivity contribution in [1.82, 2.24) is 15.2 Å². The van der Waals surface area contributed by atoms with Gasteiger partial charge in [0, 0.05) is 21.2 Å². The molecule has 33 heavy (non-hydrogen) atoms. The Morgan fingerprint density at radius 1 is 1.33 bits per heavy atom. The van der Waals surface area contributed by atoms with Crippen LogP contribution in [0.4, 0.5) is 5.69 Å². The molecule has 0 aliphatic carbocycles. The molecule has 1 heterocycles. The van der Waals surface area contributed by atoms with E-state index in [0.717, 1.165) is 16.4 Å². The Morgan fingerprint density at radius 2 is 2.09 bits per heavy atom. The summed E-state index contributed by atoms with van der Waals surface area (Å²) in [5.41, 5.74) is 3.36. The Morgan fingerprint density at radius 3 is 2.76 bits per heavy atom. The van der Waals surface area contributed by atoms with E-state index in [1.165, 1.54) is 20.2 Å². The molecule has 1 aromatic heterocycles. The number of ether oxygens (including phenoxy) is 2. The van der Waals surface area contributed by atoms with Gasteiger partial charge in [-0.25, -0.2) is 10.1 Å². The minimum Gasteiger partial charge on any atom is -0.488 e. The van der Waals surface area contributed by atoms with Gasteiger partial charge in [0.2, 0.25) is 0 Å². The van der Waals surface area contributed by atoms with Crippen molar-refractivity contribution in [3.05, 3.63) is 79.9 Å². The molecule has 0 saturated carbocycles. The smallest absolute Gasteiger partial charge is 0.350 e. The first kappa shape index (κ1) is 24.0. The molecule has 0 spiro atoms. The Hall–Kier alpha value is -3.63. The predicted octanol–water partition coefficient (Wildman–Crippen LogP) is 4.40. The number of rotatable bonds is 9. The minimum absolute atomic E-state index is 0.192. The molecule has 10 nitrogen and oxygen atoms in total. The van der Waals surface area contributed by atoms with E-state index in [0.29, 0.717) is 21.4 Å². The first-order valence-corrected chi connectivity index (χ1v) is 10.3. The predicted molar refractivity (Wildman–Crippen MR) is 123 cm³/mol. The minimum atomic E-state index is -0.889. The van der Waals surface area contributed by atoms with Crippen LogP contribution in [0.1, 0.15) is 24.1 Å². The van der Waals surface area contributed by atoms with E-state index in [1.54, 1.807) is 24.3 Å². The van der Waals surface area contributed by atoms with Gasteiger partial charge in [-0.05, 0) is 31.2 Å². The molecule has 0 aliphatic heterocycles. The molecule has 0 fully saturated rings. The van der Waals surface area contributed by atoms with Crippen molar-refractivity contribution in [3.8, 4) is 11.6 Å². The van der Waals surface area contributed by atoms with Crippen LogP contribution < -0.4 is 14.9 Å². The lowest BCUT2D eigenvalue weighted by Crippen LogP contribution is -2.27. The fourth-order valence-corrected chi connectivity index (χ4v) is 3.11. The van der Waals surface area contributed by atoms with Crippen molar-refractivity contribution in [3.63, 3.8) is 0 Å². The van der Waals surface area contributed by atoms with Crippen LogP contribution >= 0.6 is 23.2 Å². The number of methoxy groups -OCH3 is 1. The molecule has 3 rings (SSSR count). The second kappa shape index (κ2) is 10.8. The maximum absolute atomic E-state index is 12.4. The summed E-state index contributed by atoms with van der Waals surface area (Å²) in [6.07, 6.45) is 2.50. The van der Waals surface area contributed by atoms with Gasteiger partial charge in [-0.3, -0.25) is 14.9 Å². The monoisotopic (exact) mass is 491 g/mol. The van der Waals surface area contributed by atoms with E-state index in [4.69, 9.17) is 32.7 Å². The van der Waals surface area contributed by atoms with E-state index in [-0.39, 0.29) is 18.2 Å². The standard InChI is InChI=1S/C21H19Cl2N5O5/c1-13(27-11-18(28(30)31)21(26-27)32-2)20(29)25-24-10-15-9-16(22)7-8-19(15)33-12-14-5-3-4-6-17(14)23/h3-11,13H,12H2,1-2H3,(H,25,29)/b24-10-/t13-/m1/s1. The van der Waals surface area contributed by atoms with Crippen molar-refractivity contribution in [2.24, 2.45) is 5.10 Å². The van der Waals surface area contributed by atoms with Crippen LogP contribution in [-0.4, -0.2) is 33.9 Å². The van der Waals surface area contributed by atoms with Gasteiger partial charge in [-0.1, -0.05) is 41.4 Å². The van der Waals surface area contributed by atoms with Crippen LogP contribution in [-0.2, 0) is 11.4 Å². The quantitative estimate of drug-likeness (QED) is 0.269. The van der Waals surface area contributed by atoms with Crippen molar-refractivity contribution in [2.45, 2.75) is 19.6 Å². The second-order valence-electron chi connectivity index (χ2n) is 6.73. The van der Waals surface area contributed by atoms with Gasteiger partial charge < -0.3 is 9.47 Å². The molecular formula is C21H19Cl2N5O5. The van der Waals surface area contributed by atoms with E-state index in [1.807, 2.05) is 18.2 Å². The molecule has 0 aliphatic rings. The fraction of sp³-hybridized carbons (Fsp3) is 0.190. The number of aromatic nitrogens is 2. The number of benzene rings is 2. The number of amides is 1. The van der Waals surface area contributed by atoms with E-state index in [9.17, 15) is 14.9 Å². The van der Waals surface area contributed by atoms with Crippen LogP contribution in [0.5, 0.6) is 11.6 Å². The third-order valence-electron chi connectivity index (χ3n) is 4.54.